The van der Waals surface area contributed by atoms with E-state index in [0.717, 1.165) is 16.5 Å². The molecule has 0 aliphatic carbocycles. The fraction of sp³-hybridized carbons (Fsp3) is 0.360. The molecule has 1 aromatic carbocycles. The van der Waals surface area contributed by atoms with Gasteiger partial charge in [-0.05, 0) is 25.0 Å². The Kier molecular flexibility index (Phi) is 9.75. The number of aliphatic carboxylic acids is 1. The number of para-hydroxylation sites is 1. The number of hydrogen-bond donors (Lipinski definition) is 8. The first-order valence-electron chi connectivity index (χ1n) is 12.2. The van der Waals surface area contributed by atoms with Gasteiger partial charge in [0.25, 0.3) is 0 Å². The molecule has 14 heteroatoms. The standard InChI is InChI=1S/C25H32N8O6/c1-13(22(35)33-20(25(38)39)9-15-11-28-12-30-15)31-24(37)19(32-23(36)17(26)6-7-21(27)34)8-14-10-29-18-5-3-2-4-16(14)18/h2-5,10-13,17,19-20,29H,6-9,26H2,1H3,(H2,27,34)(H,28,30)(H,31,37)(H,32,36)(H,33,35)(H,38,39). The van der Waals surface area contributed by atoms with Gasteiger partial charge in [-0.3, -0.25) is 19.2 Å². The van der Waals surface area contributed by atoms with Crippen LogP contribution in [0.1, 0.15) is 31.0 Å². The molecular formula is C25H32N8O6. The van der Waals surface area contributed by atoms with Crippen LogP contribution in [-0.2, 0) is 36.8 Å². The van der Waals surface area contributed by atoms with E-state index >= 15 is 0 Å². The van der Waals surface area contributed by atoms with E-state index in [0.29, 0.717) is 5.69 Å². The number of nitrogens with zero attached hydrogens (tertiary/aromatic N) is 1. The highest BCUT2D eigenvalue weighted by molar-refractivity contribution is 5.94. The zero-order valence-electron chi connectivity index (χ0n) is 21.3. The number of nitrogens with two attached hydrogens (primary N) is 2. The fourth-order valence-electron chi connectivity index (χ4n) is 3.93. The maximum absolute atomic E-state index is 13.3. The topological polar surface area (TPSA) is 238 Å². The largest absolute Gasteiger partial charge is 0.480 e. The van der Waals surface area contributed by atoms with Gasteiger partial charge in [0.05, 0.1) is 12.4 Å². The summed E-state index contributed by atoms with van der Waals surface area (Å²) in [6, 6.07) is 2.79. The predicted octanol–water partition coefficient (Wildman–Crippen LogP) is -1.17. The van der Waals surface area contributed by atoms with Gasteiger partial charge in [0.1, 0.15) is 18.1 Å². The summed E-state index contributed by atoms with van der Waals surface area (Å²) in [4.78, 5) is 71.2. The molecule has 0 aliphatic rings. The molecule has 208 valence electrons. The van der Waals surface area contributed by atoms with Crippen LogP contribution in [0.5, 0.6) is 0 Å². The number of carbonyl (C=O) groups is 5. The number of carboxylic acids is 1. The normalized spacial score (nSPS) is 14.1. The molecule has 4 unspecified atom stereocenters. The number of H-pyrrole nitrogens is 2. The summed E-state index contributed by atoms with van der Waals surface area (Å²) in [5, 5.41) is 17.9. The van der Waals surface area contributed by atoms with Crippen molar-refractivity contribution in [3.8, 4) is 0 Å². The lowest BCUT2D eigenvalue weighted by Gasteiger charge is -2.23. The van der Waals surface area contributed by atoms with E-state index in [4.69, 9.17) is 11.5 Å². The van der Waals surface area contributed by atoms with Crippen LogP contribution in [0.15, 0.2) is 43.0 Å². The van der Waals surface area contributed by atoms with Gasteiger partial charge in [0, 0.05) is 48.3 Å². The highest BCUT2D eigenvalue weighted by Gasteiger charge is 2.29. The van der Waals surface area contributed by atoms with Crippen molar-refractivity contribution in [3.05, 3.63) is 54.2 Å². The quantitative estimate of drug-likeness (QED) is 0.124. The van der Waals surface area contributed by atoms with E-state index in [1.165, 1.54) is 19.4 Å². The van der Waals surface area contributed by atoms with Crippen molar-refractivity contribution in [2.75, 3.05) is 0 Å². The number of benzene rings is 1. The summed E-state index contributed by atoms with van der Waals surface area (Å²) in [6.07, 6.45) is 4.47. The molecule has 0 radical (unpaired) electrons. The number of amides is 4. The van der Waals surface area contributed by atoms with Gasteiger partial charge in [-0.1, -0.05) is 18.2 Å². The number of hydrogen-bond acceptors (Lipinski definition) is 7. The Morgan fingerprint density at radius 1 is 0.974 bits per heavy atom. The van der Waals surface area contributed by atoms with Gasteiger partial charge in [-0.2, -0.15) is 0 Å². The summed E-state index contributed by atoms with van der Waals surface area (Å²) in [5.74, 6) is -3.95. The molecule has 3 aromatic rings. The van der Waals surface area contributed by atoms with Crippen LogP contribution in [-0.4, -0.2) is 73.8 Å². The van der Waals surface area contributed by atoms with E-state index in [2.05, 4.69) is 30.9 Å². The Labute approximate surface area is 223 Å². The summed E-state index contributed by atoms with van der Waals surface area (Å²) in [7, 11) is 0. The number of rotatable bonds is 14. The van der Waals surface area contributed by atoms with E-state index in [-0.39, 0.29) is 25.7 Å². The second kappa shape index (κ2) is 13.2. The lowest BCUT2D eigenvalue weighted by atomic mass is 10.0. The van der Waals surface area contributed by atoms with Crippen LogP contribution in [0.4, 0.5) is 0 Å². The third-order valence-electron chi connectivity index (χ3n) is 6.12. The molecule has 4 atom stereocenters. The van der Waals surface area contributed by atoms with E-state index in [1.54, 1.807) is 6.20 Å². The number of nitrogens with one attached hydrogen (secondary N) is 5. The van der Waals surface area contributed by atoms with Gasteiger partial charge in [-0.15, -0.1) is 0 Å². The molecule has 0 saturated heterocycles. The lowest BCUT2D eigenvalue weighted by Crippen LogP contribution is -2.57. The van der Waals surface area contributed by atoms with Crippen LogP contribution < -0.4 is 27.4 Å². The van der Waals surface area contributed by atoms with Crippen molar-refractivity contribution in [2.24, 2.45) is 11.5 Å². The monoisotopic (exact) mass is 540 g/mol. The molecule has 2 heterocycles. The van der Waals surface area contributed by atoms with Crippen LogP contribution >= 0.6 is 0 Å². The molecule has 0 spiro atoms. The molecule has 39 heavy (non-hydrogen) atoms. The Morgan fingerprint density at radius 3 is 2.36 bits per heavy atom. The zero-order chi connectivity index (χ0) is 28.5. The first-order valence-corrected chi connectivity index (χ1v) is 12.2. The molecule has 3 rings (SSSR count). The SMILES string of the molecule is CC(NC(=O)C(Cc1c[nH]c2ccccc12)NC(=O)C(N)CCC(N)=O)C(=O)NC(Cc1cnc[nH]1)C(=O)O. The molecule has 10 N–H and O–H groups in total. The van der Waals surface area contributed by atoms with Crippen molar-refractivity contribution in [1.82, 2.24) is 30.9 Å². The molecule has 0 saturated carbocycles. The number of aromatic amines is 2. The summed E-state index contributed by atoms with van der Waals surface area (Å²) < 4.78 is 0. The third-order valence-corrected chi connectivity index (χ3v) is 6.12. The molecule has 0 bridgehead atoms. The minimum Gasteiger partial charge on any atom is -0.480 e. The van der Waals surface area contributed by atoms with Crippen molar-refractivity contribution in [1.29, 1.82) is 0 Å². The number of fused-ring (bicyclic) bond motifs is 1. The summed E-state index contributed by atoms with van der Waals surface area (Å²) in [5.41, 5.74) is 13.1. The van der Waals surface area contributed by atoms with Gasteiger partial charge < -0.3 is 42.5 Å². The van der Waals surface area contributed by atoms with Gasteiger partial charge in [0.2, 0.25) is 23.6 Å². The first-order chi connectivity index (χ1) is 18.5. The Morgan fingerprint density at radius 2 is 1.69 bits per heavy atom. The highest BCUT2D eigenvalue weighted by Crippen LogP contribution is 2.19. The van der Waals surface area contributed by atoms with Crippen LogP contribution in [0, 0.1) is 0 Å². The van der Waals surface area contributed by atoms with Crippen LogP contribution in [0.2, 0.25) is 0 Å². The predicted molar refractivity (Wildman–Crippen MR) is 140 cm³/mol. The van der Waals surface area contributed by atoms with E-state index in [1.807, 2.05) is 24.3 Å². The summed E-state index contributed by atoms with van der Waals surface area (Å²) in [6.45, 7) is 1.39. The number of primary amides is 1. The van der Waals surface area contributed by atoms with Gasteiger partial charge in [0.15, 0.2) is 0 Å². The second-order valence-corrected chi connectivity index (χ2v) is 9.15. The van der Waals surface area contributed by atoms with Gasteiger partial charge >= 0.3 is 5.97 Å². The number of carbonyl (C=O) groups excluding carboxylic acids is 4. The zero-order valence-corrected chi connectivity index (χ0v) is 21.3. The minimum absolute atomic E-state index is 0.00565. The Bertz CT molecular complexity index is 1320. The average molecular weight is 541 g/mol. The van der Waals surface area contributed by atoms with Crippen LogP contribution in [0.3, 0.4) is 0 Å². The highest BCUT2D eigenvalue weighted by atomic mass is 16.4. The molecule has 2 aromatic heterocycles. The lowest BCUT2D eigenvalue weighted by molar-refractivity contribution is -0.142. The smallest absolute Gasteiger partial charge is 0.326 e. The maximum atomic E-state index is 13.3. The van der Waals surface area contributed by atoms with Gasteiger partial charge in [-0.25, -0.2) is 9.78 Å². The second-order valence-electron chi connectivity index (χ2n) is 9.15. The molecular weight excluding hydrogens is 508 g/mol. The number of carboxylic acid groups (broad SMARTS) is 1. The van der Waals surface area contributed by atoms with Crippen LogP contribution in [0.25, 0.3) is 10.9 Å². The van der Waals surface area contributed by atoms with E-state index in [9.17, 15) is 29.1 Å². The number of aromatic nitrogens is 3. The minimum atomic E-state index is -1.26. The molecule has 4 amide bonds. The maximum Gasteiger partial charge on any atom is 0.326 e. The molecule has 14 nitrogen and oxygen atoms in total. The Hall–Kier alpha value is -4.72. The van der Waals surface area contributed by atoms with E-state index < -0.39 is 53.8 Å². The van der Waals surface area contributed by atoms with Crippen molar-refractivity contribution in [3.63, 3.8) is 0 Å². The molecule has 0 fully saturated rings. The first kappa shape index (κ1) is 28.8. The fourth-order valence-corrected chi connectivity index (χ4v) is 3.93. The van der Waals surface area contributed by atoms with Crippen molar-refractivity contribution >= 4 is 40.5 Å². The third kappa shape index (κ3) is 8.13. The average Bonchev–Trinajstić information content (AvgIpc) is 3.56. The van der Waals surface area contributed by atoms with Crippen molar-refractivity contribution in [2.45, 2.75) is 56.8 Å². The Balaban J connectivity index is 1.71. The summed E-state index contributed by atoms with van der Waals surface area (Å²) >= 11 is 0. The van der Waals surface area contributed by atoms with Crippen molar-refractivity contribution < 1.29 is 29.1 Å². The molecule has 0 aliphatic heterocycles. The number of imidazole rings is 1.